The van der Waals surface area contributed by atoms with Gasteiger partial charge in [0.1, 0.15) is 24.2 Å². The number of alkyl carbamates (subject to hydrolysis) is 1. The van der Waals surface area contributed by atoms with E-state index in [1.807, 2.05) is 19.9 Å². The maximum atomic E-state index is 14.0. The summed E-state index contributed by atoms with van der Waals surface area (Å²) in [5, 5.41) is 5.01. The van der Waals surface area contributed by atoms with Crippen LogP contribution in [0.25, 0.3) is 0 Å². The van der Waals surface area contributed by atoms with E-state index in [4.69, 9.17) is 10.5 Å². The lowest BCUT2D eigenvalue weighted by Crippen LogP contribution is -2.54. The van der Waals surface area contributed by atoms with Crippen molar-refractivity contribution in [1.29, 1.82) is 0 Å². The highest BCUT2D eigenvalue weighted by molar-refractivity contribution is 5.95. The van der Waals surface area contributed by atoms with E-state index in [1.54, 1.807) is 32.9 Å². The molecular formula is C29H46N4O7. The van der Waals surface area contributed by atoms with E-state index in [1.165, 1.54) is 12.0 Å². The number of carbonyl (C=O) groups excluding carboxylic acids is 5. The van der Waals surface area contributed by atoms with E-state index < -0.39 is 60.4 Å². The van der Waals surface area contributed by atoms with Crippen LogP contribution < -0.4 is 16.4 Å². The summed E-state index contributed by atoms with van der Waals surface area (Å²) in [6, 6.07) is 2.87. The first-order valence-corrected chi connectivity index (χ1v) is 13.7. The molecule has 1 aromatic rings. The fraction of sp³-hybridized carbons (Fsp3) is 0.621. The number of primary amides is 1. The molecule has 11 heteroatoms. The number of unbranched alkanes of at least 4 members (excludes halogenated alkanes) is 4. The number of carbonyl (C=O) groups is 5. The van der Waals surface area contributed by atoms with Crippen molar-refractivity contribution in [2.75, 3.05) is 20.2 Å². The van der Waals surface area contributed by atoms with E-state index in [0.29, 0.717) is 12.0 Å². The number of benzene rings is 1. The van der Waals surface area contributed by atoms with Gasteiger partial charge >= 0.3 is 12.1 Å². The molecule has 0 aliphatic rings. The number of aryl methyl sites for hydroxylation is 2. The molecule has 1 aromatic carbocycles. The van der Waals surface area contributed by atoms with Crippen molar-refractivity contribution in [2.24, 2.45) is 5.73 Å². The zero-order valence-electron chi connectivity index (χ0n) is 24.9. The van der Waals surface area contributed by atoms with Gasteiger partial charge in [0.15, 0.2) is 0 Å². The molecular weight excluding hydrogens is 516 g/mol. The van der Waals surface area contributed by atoms with Crippen molar-refractivity contribution in [3.05, 3.63) is 34.9 Å². The lowest BCUT2D eigenvalue weighted by molar-refractivity contribution is -0.145. The van der Waals surface area contributed by atoms with Gasteiger partial charge < -0.3 is 30.7 Å². The summed E-state index contributed by atoms with van der Waals surface area (Å²) in [6.07, 6.45) is 3.00. The Morgan fingerprint density at radius 1 is 1.00 bits per heavy atom. The fourth-order valence-corrected chi connectivity index (χ4v) is 4.04. The number of methoxy groups -OCH3 is 1. The maximum Gasteiger partial charge on any atom is 0.408 e. The second-order valence-corrected chi connectivity index (χ2v) is 10.9. The first-order valence-electron chi connectivity index (χ1n) is 13.7. The summed E-state index contributed by atoms with van der Waals surface area (Å²) in [6.45, 7) is 10.7. The summed E-state index contributed by atoms with van der Waals surface area (Å²) in [5.41, 5.74) is 7.00. The molecule has 0 spiro atoms. The van der Waals surface area contributed by atoms with Gasteiger partial charge in [0.2, 0.25) is 17.7 Å². The number of ether oxygens (including phenoxy) is 2. The quantitative estimate of drug-likeness (QED) is 0.219. The van der Waals surface area contributed by atoms with Gasteiger partial charge in [0, 0.05) is 6.54 Å². The van der Waals surface area contributed by atoms with Crippen molar-refractivity contribution in [3.8, 4) is 0 Å². The summed E-state index contributed by atoms with van der Waals surface area (Å²) < 4.78 is 9.95. The Labute approximate surface area is 237 Å². The molecule has 0 aromatic heterocycles. The van der Waals surface area contributed by atoms with Crippen LogP contribution in [0.4, 0.5) is 4.79 Å². The highest BCUT2D eigenvalue weighted by atomic mass is 16.6. The molecule has 0 radical (unpaired) electrons. The molecule has 0 bridgehead atoms. The van der Waals surface area contributed by atoms with Gasteiger partial charge in [0.25, 0.3) is 0 Å². The minimum absolute atomic E-state index is 0.164. The zero-order chi connectivity index (χ0) is 30.5. The largest absolute Gasteiger partial charge is 0.468 e. The van der Waals surface area contributed by atoms with Gasteiger partial charge in [0.05, 0.1) is 13.5 Å². The van der Waals surface area contributed by atoms with Gasteiger partial charge in [-0.15, -0.1) is 0 Å². The lowest BCUT2D eigenvalue weighted by atomic mass is 9.97. The number of rotatable bonds is 15. The molecule has 4 N–H and O–H groups in total. The molecule has 2 atom stereocenters. The summed E-state index contributed by atoms with van der Waals surface area (Å²) in [7, 11) is 1.21. The average molecular weight is 563 g/mol. The average Bonchev–Trinajstić information content (AvgIpc) is 2.86. The third-order valence-electron chi connectivity index (χ3n) is 6.22. The Balaban J connectivity index is 3.54. The molecule has 0 aliphatic heterocycles. The number of esters is 1. The molecule has 0 aliphatic carbocycles. The second kappa shape index (κ2) is 16.5. The van der Waals surface area contributed by atoms with Crippen LogP contribution in [0.2, 0.25) is 0 Å². The third-order valence-corrected chi connectivity index (χ3v) is 6.22. The van der Waals surface area contributed by atoms with Crippen molar-refractivity contribution >= 4 is 29.8 Å². The molecule has 0 saturated heterocycles. The van der Waals surface area contributed by atoms with Gasteiger partial charge in [-0.25, -0.2) is 4.79 Å². The number of amides is 4. The van der Waals surface area contributed by atoms with Crippen LogP contribution in [-0.2, 0) is 28.7 Å². The number of nitrogens with two attached hydrogens (primary N) is 1. The number of hydrogen-bond acceptors (Lipinski definition) is 7. The SMILES string of the molecule is CCCCCCCN(C(=O)C(CC(N)=O)NC(=O)OC(C)(C)C)C(C(=O)NCC(=O)OC)c1ccc(C)c(C)c1. The Morgan fingerprint density at radius 2 is 1.65 bits per heavy atom. The molecule has 4 amide bonds. The highest BCUT2D eigenvalue weighted by Crippen LogP contribution is 2.26. The van der Waals surface area contributed by atoms with Crippen LogP contribution in [-0.4, -0.2) is 66.5 Å². The highest BCUT2D eigenvalue weighted by Gasteiger charge is 2.37. The molecule has 224 valence electrons. The Hall–Kier alpha value is -3.63. The monoisotopic (exact) mass is 562 g/mol. The van der Waals surface area contributed by atoms with Crippen LogP contribution in [0, 0.1) is 13.8 Å². The fourth-order valence-electron chi connectivity index (χ4n) is 4.04. The van der Waals surface area contributed by atoms with Crippen LogP contribution in [0.1, 0.15) is 89.0 Å². The second-order valence-electron chi connectivity index (χ2n) is 10.9. The third kappa shape index (κ3) is 12.0. The molecule has 40 heavy (non-hydrogen) atoms. The van der Waals surface area contributed by atoms with Crippen molar-refractivity contribution in [3.63, 3.8) is 0 Å². The minimum Gasteiger partial charge on any atom is -0.468 e. The summed E-state index contributed by atoms with van der Waals surface area (Å²) in [4.78, 5) is 65.3. The van der Waals surface area contributed by atoms with Crippen molar-refractivity contribution < 1.29 is 33.4 Å². The number of nitrogens with one attached hydrogen (secondary N) is 2. The molecule has 2 unspecified atom stereocenters. The molecule has 0 fully saturated rings. The minimum atomic E-state index is -1.37. The van der Waals surface area contributed by atoms with Crippen LogP contribution in [0.5, 0.6) is 0 Å². The molecule has 0 heterocycles. The van der Waals surface area contributed by atoms with Crippen molar-refractivity contribution in [2.45, 2.75) is 97.8 Å². The lowest BCUT2D eigenvalue weighted by Gasteiger charge is -2.34. The van der Waals surface area contributed by atoms with Gasteiger partial charge in [-0.05, 0) is 57.7 Å². The predicted octanol–water partition coefficient (Wildman–Crippen LogP) is 3.20. The maximum absolute atomic E-state index is 14.0. The Bertz CT molecular complexity index is 1040. The smallest absolute Gasteiger partial charge is 0.408 e. The summed E-state index contributed by atoms with van der Waals surface area (Å²) in [5.74, 6) is -2.74. The van der Waals surface area contributed by atoms with Crippen LogP contribution in [0.15, 0.2) is 18.2 Å². The molecule has 11 nitrogen and oxygen atoms in total. The van der Waals surface area contributed by atoms with E-state index in [9.17, 15) is 24.0 Å². The van der Waals surface area contributed by atoms with Crippen LogP contribution in [0.3, 0.4) is 0 Å². The molecule has 1 rings (SSSR count). The van der Waals surface area contributed by atoms with Gasteiger partial charge in [-0.2, -0.15) is 0 Å². The van der Waals surface area contributed by atoms with Gasteiger partial charge in [-0.1, -0.05) is 50.8 Å². The molecule has 0 saturated carbocycles. The number of nitrogens with zero attached hydrogens (tertiary/aromatic N) is 1. The Kier molecular flexibility index (Phi) is 14.2. The first kappa shape index (κ1) is 34.4. The first-order chi connectivity index (χ1) is 18.7. The summed E-state index contributed by atoms with van der Waals surface area (Å²) >= 11 is 0. The topological polar surface area (TPSA) is 157 Å². The van der Waals surface area contributed by atoms with E-state index in [-0.39, 0.29) is 6.54 Å². The zero-order valence-corrected chi connectivity index (χ0v) is 24.9. The van der Waals surface area contributed by atoms with Crippen molar-refractivity contribution in [1.82, 2.24) is 15.5 Å². The van der Waals surface area contributed by atoms with E-state index >= 15 is 0 Å². The van der Waals surface area contributed by atoms with Gasteiger partial charge in [-0.3, -0.25) is 19.2 Å². The standard InChI is InChI=1S/C29H46N4O7/c1-8-9-10-11-12-15-33(27(37)22(17-23(30)34)32-28(38)40-29(4,5)6)25(26(36)31-18-24(35)39-7)21-14-13-19(2)20(3)16-21/h13-14,16,22,25H,8-12,15,17-18H2,1-7H3,(H2,30,34)(H,31,36)(H,32,38). The van der Waals surface area contributed by atoms with E-state index in [0.717, 1.165) is 36.8 Å². The van der Waals surface area contributed by atoms with E-state index in [2.05, 4.69) is 22.3 Å². The normalized spacial score (nSPS) is 12.6. The van der Waals surface area contributed by atoms with Crippen LogP contribution >= 0.6 is 0 Å². The predicted molar refractivity (Wildman–Crippen MR) is 151 cm³/mol. The Morgan fingerprint density at radius 3 is 2.20 bits per heavy atom. The number of hydrogen-bond donors (Lipinski definition) is 3.